The lowest BCUT2D eigenvalue weighted by Crippen LogP contribution is -2.12. The van der Waals surface area contributed by atoms with Crippen molar-refractivity contribution in [3.05, 3.63) is 28.8 Å². The molecule has 0 aromatic heterocycles. The van der Waals surface area contributed by atoms with Gasteiger partial charge in [0.05, 0.1) is 5.56 Å². The van der Waals surface area contributed by atoms with Crippen molar-refractivity contribution in [1.82, 2.24) is 0 Å². The third kappa shape index (κ3) is 1.16. The van der Waals surface area contributed by atoms with Crippen LogP contribution in [0.1, 0.15) is 32.7 Å². The lowest BCUT2D eigenvalue weighted by Gasteiger charge is -2.03. The quantitative estimate of drug-likeness (QED) is 0.682. The van der Waals surface area contributed by atoms with Gasteiger partial charge in [-0.3, -0.25) is 9.59 Å². The van der Waals surface area contributed by atoms with Crippen molar-refractivity contribution in [2.24, 2.45) is 5.73 Å². The van der Waals surface area contributed by atoms with Crippen molar-refractivity contribution in [2.45, 2.75) is 12.8 Å². The molecule has 1 aliphatic carbocycles. The first-order chi connectivity index (χ1) is 6.59. The lowest BCUT2D eigenvalue weighted by molar-refractivity contribution is 0.0993. The van der Waals surface area contributed by atoms with E-state index < -0.39 is 5.91 Å². The smallest absolute Gasteiger partial charge is 0.252 e. The fourth-order valence-electron chi connectivity index (χ4n) is 1.68. The molecular formula is C10H9NO3. The summed E-state index contributed by atoms with van der Waals surface area (Å²) in [5.74, 6) is -0.863. The van der Waals surface area contributed by atoms with Gasteiger partial charge < -0.3 is 10.8 Å². The molecule has 1 amide bonds. The molecule has 0 spiro atoms. The highest BCUT2D eigenvalue weighted by atomic mass is 16.3. The Kier molecular flexibility index (Phi) is 1.77. The Labute approximate surface area is 80.3 Å². The van der Waals surface area contributed by atoms with Crippen molar-refractivity contribution in [3.8, 4) is 5.75 Å². The van der Waals surface area contributed by atoms with Gasteiger partial charge in [0, 0.05) is 12.0 Å². The molecule has 4 nitrogen and oxygen atoms in total. The fourth-order valence-corrected chi connectivity index (χ4v) is 1.68. The van der Waals surface area contributed by atoms with Crippen LogP contribution >= 0.6 is 0 Å². The van der Waals surface area contributed by atoms with Gasteiger partial charge in [-0.2, -0.15) is 0 Å². The molecule has 1 aromatic rings. The van der Waals surface area contributed by atoms with E-state index in [4.69, 9.17) is 5.73 Å². The summed E-state index contributed by atoms with van der Waals surface area (Å²) in [5, 5.41) is 9.42. The number of rotatable bonds is 1. The second-order valence-electron chi connectivity index (χ2n) is 3.31. The monoisotopic (exact) mass is 191 g/mol. The predicted octanol–water partition coefficient (Wildman–Crippen LogP) is 0.620. The predicted molar refractivity (Wildman–Crippen MR) is 49.3 cm³/mol. The number of Topliss-reactive ketones (excluding diaryl/α,β-unsaturated/α-hetero) is 1. The maximum absolute atomic E-state index is 11.3. The van der Waals surface area contributed by atoms with Gasteiger partial charge in [-0.15, -0.1) is 0 Å². The number of aryl methyl sites for hydroxylation is 1. The molecule has 14 heavy (non-hydrogen) atoms. The topological polar surface area (TPSA) is 80.4 Å². The van der Waals surface area contributed by atoms with Crippen molar-refractivity contribution < 1.29 is 14.7 Å². The number of benzene rings is 1. The Balaban J connectivity index is 2.62. The molecule has 0 atom stereocenters. The molecule has 0 saturated heterocycles. The number of amides is 1. The van der Waals surface area contributed by atoms with E-state index in [0.29, 0.717) is 18.4 Å². The summed E-state index contributed by atoms with van der Waals surface area (Å²) in [5.41, 5.74) is 6.36. The van der Waals surface area contributed by atoms with E-state index in [9.17, 15) is 14.7 Å². The molecular weight excluding hydrogens is 182 g/mol. The van der Waals surface area contributed by atoms with Crippen LogP contribution in [-0.2, 0) is 6.42 Å². The van der Waals surface area contributed by atoms with Crippen molar-refractivity contribution >= 4 is 11.7 Å². The summed E-state index contributed by atoms with van der Waals surface area (Å²) in [6, 6.07) is 2.82. The van der Waals surface area contributed by atoms with Crippen LogP contribution < -0.4 is 5.73 Å². The highest BCUT2D eigenvalue weighted by Crippen LogP contribution is 2.28. The average molecular weight is 191 g/mol. The zero-order valence-corrected chi connectivity index (χ0v) is 7.41. The molecule has 0 bridgehead atoms. The minimum absolute atomic E-state index is 0.00231. The number of nitrogens with two attached hydrogens (primary N) is 1. The largest absolute Gasteiger partial charge is 0.507 e. The summed E-state index contributed by atoms with van der Waals surface area (Å²) in [4.78, 5) is 22.2. The number of fused-ring (bicyclic) bond motifs is 1. The molecule has 0 heterocycles. The maximum Gasteiger partial charge on any atom is 0.252 e. The number of phenols is 1. The molecule has 0 radical (unpaired) electrons. The van der Waals surface area contributed by atoms with Gasteiger partial charge in [-0.25, -0.2) is 0 Å². The first kappa shape index (κ1) is 8.74. The standard InChI is InChI=1S/C10H9NO3/c11-10(14)7-4-6-5(3-9(7)13)1-2-8(6)12/h3-4,13H,1-2H2,(H2,11,14). The van der Waals surface area contributed by atoms with Gasteiger partial charge in [0.2, 0.25) is 0 Å². The normalized spacial score (nSPS) is 14.1. The Morgan fingerprint density at radius 2 is 2.07 bits per heavy atom. The van der Waals surface area contributed by atoms with Gasteiger partial charge >= 0.3 is 0 Å². The van der Waals surface area contributed by atoms with Crippen LogP contribution in [0.5, 0.6) is 5.75 Å². The lowest BCUT2D eigenvalue weighted by atomic mass is 10.0. The molecule has 0 unspecified atom stereocenters. The Hall–Kier alpha value is -1.84. The van der Waals surface area contributed by atoms with Crippen molar-refractivity contribution in [3.63, 3.8) is 0 Å². The van der Waals surface area contributed by atoms with Crippen LogP contribution in [0.4, 0.5) is 0 Å². The van der Waals surface area contributed by atoms with Crippen LogP contribution in [0.2, 0.25) is 0 Å². The zero-order valence-electron chi connectivity index (χ0n) is 7.41. The zero-order chi connectivity index (χ0) is 10.3. The fraction of sp³-hybridized carbons (Fsp3) is 0.200. The molecule has 4 heteroatoms. The van der Waals surface area contributed by atoms with Crippen LogP contribution in [-0.4, -0.2) is 16.8 Å². The van der Waals surface area contributed by atoms with Crippen molar-refractivity contribution in [1.29, 1.82) is 0 Å². The number of aromatic hydroxyl groups is 1. The minimum atomic E-state index is -0.718. The van der Waals surface area contributed by atoms with E-state index in [-0.39, 0.29) is 17.1 Å². The number of ketones is 1. The van der Waals surface area contributed by atoms with Gasteiger partial charge in [0.1, 0.15) is 5.75 Å². The maximum atomic E-state index is 11.3. The Morgan fingerprint density at radius 1 is 1.36 bits per heavy atom. The van der Waals surface area contributed by atoms with E-state index in [2.05, 4.69) is 0 Å². The molecule has 72 valence electrons. The molecule has 0 saturated carbocycles. The summed E-state index contributed by atoms with van der Waals surface area (Å²) in [7, 11) is 0. The van der Waals surface area contributed by atoms with E-state index in [1.54, 1.807) is 0 Å². The van der Waals surface area contributed by atoms with Gasteiger partial charge in [-0.05, 0) is 24.1 Å². The Morgan fingerprint density at radius 3 is 2.71 bits per heavy atom. The first-order valence-electron chi connectivity index (χ1n) is 4.28. The van der Waals surface area contributed by atoms with Gasteiger partial charge in [0.25, 0.3) is 5.91 Å². The molecule has 1 aromatic carbocycles. The second-order valence-corrected chi connectivity index (χ2v) is 3.31. The molecule has 1 aliphatic rings. The van der Waals surface area contributed by atoms with Crippen LogP contribution in [0.15, 0.2) is 12.1 Å². The summed E-state index contributed by atoms with van der Waals surface area (Å²) < 4.78 is 0. The summed E-state index contributed by atoms with van der Waals surface area (Å²) >= 11 is 0. The highest BCUT2D eigenvalue weighted by Gasteiger charge is 2.22. The highest BCUT2D eigenvalue weighted by molar-refractivity contribution is 6.04. The number of hydrogen-bond acceptors (Lipinski definition) is 3. The van der Waals surface area contributed by atoms with E-state index in [1.165, 1.54) is 12.1 Å². The summed E-state index contributed by atoms with van der Waals surface area (Å²) in [6.45, 7) is 0. The number of hydrogen-bond donors (Lipinski definition) is 2. The van der Waals surface area contributed by atoms with E-state index in [0.717, 1.165) is 5.56 Å². The molecule has 0 aliphatic heterocycles. The van der Waals surface area contributed by atoms with Gasteiger partial charge in [0.15, 0.2) is 5.78 Å². The first-order valence-corrected chi connectivity index (χ1v) is 4.28. The third-order valence-electron chi connectivity index (χ3n) is 2.41. The average Bonchev–Trinajstić information content (AvgIpc) is 2.46. The number of carbonyl (C=O) groups is 2. The van der Waals surface area contributed by atoms with Gasteiger partial charge in [-0.1, -0.05) is 0 Å². The molecule has 0 fully saturated rings. The van der Waals surface area contributed by atoms with E-state index in [1.807, 2.05) is 0 Å². The Bertz CT molecular complexity index is 436. The number of carbonyl (C=O) groups excluding carboxylic acids is 2. The van der Waals surface area contributed by atoms with Crippen molar-refractivity contribution in [2.75, 3.05) is 0 Å². The summed E-state index contributed by atoms with van der Waals surface area (Å²) in [6.07, 6.45) is 1.07. The molecule has 3 N–H and O–H groups in total. The van der Waals surface area contributed by atoms with Crippen LogP contribution in [0.3, 0.4) is 0 Å². The van der Waals surface area contributed by atoms with E-state index >= 15 is 0 Å². The van der Waals surface area contributed by atoms with Crippen LogP contribution in [0, 0.1) is 0 Å². The minimum Gasteiger partial charge on any atom is -0.507 e. The second kappa shape index (κ2) is 2.83. The SMILES string of the molecule is NC(=O)c1cc2c(cc1O)CCC2=O. The van der Waals surface area contributed by atoms with Crippen LogP contribution in [0.25, 0.3) is 0 Å². The number of primary amides is 1. The third-order valence-corrected chi connectivity index (χ3v) is 2.41. The molecule has 2 rings (SSSR count).